The van der Waals surface area contributed by atoms with E-state index in [1.54, 1.807) is 13.2 Å². The lowest BCUT2D eigenvalue weighted by Gasteiger charge is -2.30. The van der Waals surface area contributed by atoms with Crippen LogP contribution in [0.2, 0.25) is 0 Å². The van der Waals surface area contributed by atoms with Gasteiger partial charge in [-0.15, -0.1) is 0 Å². The third-order valence-corrected chi connectivity index (χ3v) is 2.78. The fourth-order valence-electron chi connectivity index (χ4n) is 1.96. The first-order chi connectivity index (χ1) is 7.24. The highest BCUT2D eigenvalue weighted by molar-refractivity contribution is 5.84. The molecule has 0 amide bonds. The maximum atomic E-state index is 11.3. The number of carbonyl (C=O) groups excluding carboxylic acids is 1. The lowest BCUT2D eigenvalue weighted by Crippen LogP contribution is -2.31. The Balaban J connectivity index is 2.28. The molecule has 0 fully saturated rings. The smallest absolute Gasteiger partial charge is 0.331 e. The van der Waals surface area contributed by atoms with E-state index in [1.165, 1.54) is 0 Å². The summed E-state index contributed by atoms with van der Waals surface area (Å²) < 4.78 is 10.3. The van der Waals surface area contributed by atoms with Crippen LogP contribution in [0.3, 0.4) is 0 Å². The van der Waals surface area contributed by atoms with Gasteiger partial charge in [-0.05, 0) is 18.6 Å². The number of methoxy groups -OCH3 is 1. The minimum atomic E-state index is -0.255. The minimum absolute atomic E-state index is 0.187. The van der Waals surface area contributed by atoms with Crippen molar-refractivity contribution in [2.24, 2.45) is 5.92 Å². The molecule has 0 aromatic heterocycles. The lowest BCUT2D eigenvalue weighted by atomic mass is 9.86. The number of fused-ring (bicyclic) bond motifs is 1. The van der Waals surface area contributed by atoms with E-state index < -0.39 is 0 Å². The van der Waals surface area contributed by atoms with Gasteiger partial charge in [0.15, 0.2) is 0 Å². The molecule has 80 valence electrons. The number of carbonyl (C=O) groups is 1. The Morgan fingerprint density at radius 1 is 1.53 bits per heavy atom. The van der Waals surface area contributed by atoms with E-state index >= 15 is 0 Å². The first kappa shape index (κ1) is 10.0. The Morgan fingerprint density at radius 3 is 3.00 bits per heavy atom. The third-order valence-electron chi connectivity index (χ3n) is 2.78. The maximum absolute atomic E-state index is 11.3. The highest BCUT2D eigenvalue weighted by atomic mass is 16.5. The second kappa shape index (κ2) is 3.93. The Kier molecular flexibility index (Phi) is 2.62. The highest BCUT2D eigenvalue weighted by Crippen LogP contribution is 2.31. The van der Waals surface area contributed by atoms with Crippen LogP contribution in [0.4, 0.5) is 0 Å². The normalized spacial score (nSPS) is 28.8. The van der Waals surface area contributed by atoms with E-state index in [-0.39, 0.29) is 18.0 Å². The van der Waals surface area contributed by atoms with E-state index in [2.05, 4.69) is 0 Å². The van der Waals surface area contributed by atoms with Crippen LogP contribution in [0.1, 0.15) is 13.3 Å². The summed E-state index contributed by atoms with van der Waals surface area (Å²) in [6, 6.07) is 0. The Hall–Kier alpha value is -1.51. The van der Waals surface area contributed by atoms with E-state index in [0.717, 1.165) is 17.8 Å². The number of allylic oxidation sites excluding steroid dienone is 1. The molecule has 1 aliphatic heterocycles. The van der Waals surface area contributed by atoms with Gasteiger partial charge in [-0.25, -0.2) is 4.79 Å². The van der Waals surface area contributed by atoms with Crippen molar-refractivity contribution in [3.63, 3.8) is 0 Å². The standard InChI is InChI=1S/C12H14O3/c1-3-8-6-12(13)15-11-7-9(14-2)4-5-10(8)11/h4-7,10-11H,3H2,1-2H3. The van der Waals surface area contributed by atoms with E-state index in [1.807, 2.05) is 25.2 Å². The van der Waals surface area contributed by atoms with Crippen LogP contribution >= 0.6 is 0 Å². The molecular weight excluding hydrogens is 192 g/mol. The SMILES string of the molecule is CCC1=CC(=O)OC2C=C(OC)C=CC12. The summed E-state index contributed by atoms with van der Waals surface area (Å²) in [6.45, 7) is 2.05. The van der Waals surface area contributed by atoms with Gasteiger partial charge in [0.05, 0.1) is 7.11 Å². The zero-order valence-corrected chi connectivity index (χ0v) is 8.90. The minimum Gasteiger partial charge on any atom is -0.497 e. The molecular formula is C12H14O3. The summed E-state index contributed by atoms with van der Waals surface area (Å²) in [5.74, 6) is 0.683. The zero-order chi connectivity index (χ0) is 10.8. The molecule has 0 saturated carbocycles. The summed E-state index contributed by atoms with van der Waals surface area (Å²) in [5, 5.41) is 0. The summed E-state index contributed by atoms with van der Waals surface area (Å²) in [6.07, 6.45) is 8.08. The van der Waals surface area contributed by atoms with Gasteiger partial charge >= 0.3 is 5.97 Å². The van der Waals surface area contributed by atoms with Gasteiger partial charge in [0.25, 0.3) is 0 Å². The maximum Gasteiger partial charge on any atom is 0.331 e. The predicted octanol–water partition coefficient (Wildman–Crippen LogP) is 1.96. The molecule has 15 heavy (non-hydrogen) atoms. The second-order valence-electron chi connectivity index (χ2n) is 3.63. The molecule has 0 N–H and O–H groups in total. The van der Waals surface area contributed by atoms with Crippen molar-refractivity contribution in [1.29, 1.82) is 0 Å². The lowest BCUT2D eigenvalue weighted by molar-refractivity contribution is -0.143. The summed E-state index contributed by atoms with van der Waals surface area (Å²) in [5.41, 5.74) is 1.12. The molecule has 0 saturated heterocycles. The van der Waals surface area contributed by atoms with Crippen molar-refractivity contribution < 1.29 is 14.3 Å². The van der Waals surface area contributed by atoms with E-state index in [4.69, 9.17) is 9.47 Å². The molecule has 3 nitrogen and oxygen atoms in total. The molecule has 2 atom stereocenters. The molecule has 1 aliphatic carbocycles. The first-order valence-corrected chi connectivity index (χ1v) is 5.09. The van der Waals surface area contributed by atoms with E-state index in [9.17, 15) is 4.79 Å². The molecule has 2 aliphatic rings. The van der Waals surface area contributed by atoms with Gasteiger partial charge in [0.2, 0.25) is 0 Å². The number of hydrogen-bond acceptors (Lipinski definition) is 3. The fourth-order valence-corrected chi connectivity index (χ4v) is 1.96. The Bertz CT molecular complexity index is 363. The summed E-state index contributed by atoms with van der Waals surface area (Å²) >= 11 is 0. The molecule has 0 aromatic rings. The molecule has 2 rings (SSSR count). The van der Waals surface area contributed by atoms with Crippen LogP contribution in [0.15, 0.2) is 35.6 Å². The Morgan fingerprint density at radius 2 is 2.33 bits per heavy atom. The number of esters is 1. The summed E-state index contributed by atoms with van der Waals surface area (Å²) in [4.78, 5) is 11.3. The van der Waals surface area contributed by atoms with Crippen molar-refractivity contribution in [2.45, 2.75) is 19.4 Å². The zero-order valence-electron chi connectivity index (χ0n) is 8.90. The monoisotopic (exact) mass is 206 g/mol. The number of rotatable bonds is 2. The Labute approximate surface area is 89.1 Å². The molecule has 0 spiro atoms. The quantitative estimate of drug-likeness (QED) is 0.648. The fraction of sp³-hybridized carbons (Fsp3) is 0.417. The van der Waals surface area contributed by atoms with Gasteiger partial charge in [-0.2, -0.15) is 0 Å². The van der Waals surface area contributed by atoms with Gasteiger partial charge in [-0.3, -0.25) is 0 Å². The molecule has 2 unspecified atom stereocenters. The summed E-state index contributed by atoms with van der Waals surface area (Å²) in [7, 11) is 1.61. The van der Waals surface area contributed by atoms with Crippen LogP contribution in [0.25, 0.3) is 0 Å². The van der Waals surface area contributed by atoms with Gasteiger partial charge in [0, 0.05) is 12.0 Å². The molecule has 0 bridgehead atoms. The molecule has 0 radical (unpaired) electrons. The van der Waals surface area contributed by atoms with Crippen LogP contribution in [0.5, 0.6) is 0 Å². The van der Waals surface area contributed by atoms with Crippen LogP contribution in [-0.4, -0.2) is 19.2 Å². The average molecular weight is 206 g/mol. The topological polar surface area (TPSA) is 35.5 Å². The number of hydrogen-bond donors (Lipinski definition) is 0. The molecule has 1 heterocycles. The largest absolute Gasteiger partial charge is 0.497 e. The van der Waals surface area contributed by atoms with E-state index in [0.29, 0.717) is 0 Å². The molecule has 0 aromatic carbocycles. The van der Waals surface area contributed by atoms with Crippen molar-refractivity contribution in [1.82, 2.24) is 0 Å². The van der Waals surface area contributed by atoms with Crippen LogP contribution in [0, 0.1) is 5.92 Å². The van der Waals surface area contributed by atoms with Crippen molar-refractivity contribution >= 4 is 5.97 Å². The van der Waals surface area contributed by atoms with Gasteiger partial charge in [-0.1, -0.05) is 18.6 Å². The van der Waals surface area contributed by atoms with Crippen molar-refractivity contribution in [3.05, 3.63) is 35.6 Å². The van der Waals surface area contributed by atoms with Gasteiger partial charge < -0.3 is 9.47 Å². The first-order valence-electron chi connectivity index (χ1n) is 5.09. The van der Waals surface area contributed by atoms with Crippen molar-refractivity contribution in [3.8, 4) is 0 Å². The van der Waals surface area contributed by atoms with Crippen LogP contribution < -0.4 is 0 Å². The average Bonchev–Trinajstić information content (AvgIpc) is 2.26. The van der Waals surface area contributed by atoms with Crippen LogP contribution in [-0.2, 0) is 14.3 Å². The second-order valence-corrected chi connectivity index (χ2v) is 3.63. The number of ether oxygens (including phenoxy) is 2. The molecule has 3 heteroatoms. The van der Waals surface area contributed by atoms with Crippen molar-refractivity contribution in [2.75, 3.05) is 7.11 Å². The highest BCUT2D eigenvalue weighted by Gasteiger charge is 2.30. The van der Waals surface area contributed by atoms with Gasteiger partial charge in [0.1, 0.15) is 11.9 Å². The third kappa shape index (κ3) is 1.82. The predicted molar refractivity (Wildman–Crippen MR) is 56.0 cm³/mol.